The number of rotatable bonds is 3. The van der Waals surface area contributed by atoms with E-state index in [1.54, 1.807) is 12.1 Å². The third-order valence-electron chi connectivity index (χ3n) is 3.14. The van der Waals surface area contributed by atoms with Crippen molar-refractivity contribution in [3.05, 3.63) is 28.8 Å². The second-order valence-electron chi connectivity index (χ2n) is 4.71. The molecular weight excluding hydrogens is 288 g/mol. The Morgan fingerprint density at radius 2 is 2.21 bits per heavy atom. The normalized spacial score (nSPS) is 21.2. The first-order chi connectivity index (χ1) is 8.87. The number of amides is 1. The molecule has 5 nitrogen and oxygen atoms in total. The van der Waals surface area contributed by atoms with Gasteiger partial charge in [-0.3, -0.25) is 4.79 Å². The summed E-state index contributed by atoms with van der Waals surface area (Å²) in [5, 5.41) is 3.18. The van der Waals surface area contributed by atoms with Gasteiger partial charge in [0.1, 0.15) is 0 Å². The minimum atomic E-state index is -2.92. The van der Waals surface area contributed by atoms with Crippen LogP contribution in [0.3, 0.4) is 0 Å². The Hall–Kier alpha value is -1.27. The summed E-state index contributed by atoms with van der Waals surface area (Å²) in [6, 6.07) is 4.65. The molecule has 1 fully saturated rings. The number of anilines is 1. The van der Waals surface area contributed by atoms with E-state index in [0.29, 0.717) is 29.2 Å². The van der Waals surface area contributed by atoms with E-state index in [4.69, 9.17) is 17.3 Å². The standard InChI is InChI=1S/C12H15ClN2O3S/c13-9-1-2-10(11(14)5-9)12(16)15-6-8-3-4-19(17,18)7-8/h1-2,5,8H,3-4,6-7,14H2,(H,15,16). The van der Waals surface area contributed by atoms with Crippen LogP contribution >= 0.6 is 11.6 Å². The van der Waals surface area contributed by atoms with Gasteiger partial charge in [0.05, 0.1) is 17.1 Å². The highest BCUT2D eigenvalue weighted by Crippen LogP contribution is 2.19. The molecule has 0 aromatic heterocycles. The Morgan fingerprint density at radius 1 is 1.47 bits per heavy atom. The van der Waals surface area contributed by atoms with E-state index in [1.807, 2.05) is 0 Å². The van der Waals surface area contributed by atoms with Crippen LogP contribution in [0.25, 0.3) is 0 Å². The van der Waals surface area contributed by atoms with Gasteiger partial charge in [0.25, 0.3) is 5.91 Å². The number of nitrogens with one attached hydrogen (secondary N) is 1. The van der Waals surface area contributed by atoms with Crippen LogP contribution in [0.15, 0.2) is 18.2 Å². The minimum Gasteiger partial charge on any atom is -0.398 e. The molecule has 1 aliphatic rings. The zero-order valence-corrected chi connectivity index (χ0v) is 11.8. The van der Waals surface area contributed by atoms with Crippen LogP contribution in [0.1, 0.15) is 16.8 Å². The van der Waals surface area contributed by atoms with Crippen molar-refractivity contribution in [1.29, 1.82) is 0 Å². The van der Waals surface area contributed by atoms with Crippen molar-refractivity contribution in [2.24, 2.45) is 5.92 Å². The Labute approximate surface area is 117 Å². The van der Waals surface area contributed by atoms with Crippen LogP contribution in [0.4, 0.5) is 5.69 Å². The van der Waals surface area contributed by atoms with Gasteiger partial charge in [-0.2, -0.15) is 0 Å². The molecule has 0 radical (unpaired) electrons. The first-order valence-electron chi connectivity index (χ1n) is 5.91. The van der Waals surface area contributed by atoms with E-state index in [2.05, 4.69) is 5.32 Å². The lowest BCUT2D eigenvalue weighted by Crippen LogP contribution is -2.30. The fourth-order valence-electron chi connectivity index (χ4n) is 2.11. The lowest BCUT2D eigenvalue weighted by molar-refractivity contribution is 0.0949. The van der Waals surface area contributed by atoms with Gasteiger partial charge in [-0.05, 0) is 30.5 Å². The van der Waals surface area contributed by atoms with E-state index in [-0.39, 0.29) is 23.3 Å². The maximum absolute atomic E-state index is 11.9. The van der Waals surface area contributed by atoms with Crippen molar-refractivity contribution in [1.82, 2.24) is 5.32 Å². The number of sulfone groups is 1. The number of hydrogen-bond donors (Lipinski definition) is 2. The molecule has 0 bridgehead atoms. The average Bonchev–Trinajstić information content (AvgIpc) is 2.66. The van der Waals surface area contributed by atoms with Gasteiger partial charge in [-0.1, -0.05) is 11.6 Å². The van der Waals surface area contributed by atoms with Crippen LogP contribution in [0.5, 0.6) is 0 Å². The maximum Gasteiger partial charge on any atom is 0.253 e. The topological polar surface area (TPSA) is 89.3 Å². The maximum atomic E-state index is 11.9. The van der Waals surface area contributed by atoms with Crippen molar-refractivity contribution in [2.45, 2.75) is 6.42 Å². The molecule has 1 saturated heterocycles. The van der Waals surface area contributed by atoms with E-state index >= 15 is 0 Å². The zero-order chi connectivity index (χ0) is 14.0. The molecular formula is C12H15ClN2O3S. The highest BCUT2D eigenvalue weighted by molar-refractivity contribution is 7.91. The Balaban J connectivity index is 1.95. The van der Waals surface area contributed by atoms with E-state index < -0.39 is 9.84 Å². The number of halogens is 1. The molecule has 1 atom stereocenters. The second-order valence-corrected chi connectivity index (χ2v) is 7.38. The van der Waals surface area contributed by atoms with E-state index in [9.17, 15) is 13.2 Å². The summed E-state index contributed by atoms with van der Waals surface area (Å²) in [4.78, 5) is 11.9. The van der Waals surface area contributed by atoms with Crippen LogP contribution in [0, 0.1) is 5.92 Å². The lowest BCUT2D eigenvalue weighted by Gasteiger charge is -2.11. The predicted octanol–water partition coefficient (Wildman–Crippen LogP) is 1.09. The second kappa shape index (κ2) is 5.38. The van der Waals surface area contributed by atoms with Crippen molar-refractivity contribution >= 4 is 33.0 Å². The molecule has 2 rings (SSSR count). The van der Waals surface area contributed by atoms with Crippen molar-refractivity contribution < 1.29 is 13.2 Å². The molecule has 7 heteroatoms. The van der Waals surface area contributed by atoms with E-state index in [0.717, 1.165) is 0 Å². The van der Waals surface area contributed by atoms with Crippen LogP contribution in [0.2, 0.25) is 5.02 Å². The van der Waals surface area contributed by atoms with Crippen molar-refractivity contribution in [3.63, 3.8) is 0 Å². The van der Waals surface area contributed by atoms with Crippen molar-refractivity contribution in [2.75, 3.05) is 23.8 Å². The number of nitrogen functional groups attached to an aromatic ring is 1. The Kier molecular flexibility index (Phi) is 4.01. The highest BCUT2D eigenvalue weighted by atomic mass is 35.5. The Bertz CT molecular complexity index is 601. The molecule has 1 amide bonds. The van der Waals surface area contributed by atoms with Gasteiger partial charge in [-0.25, -0.2) is 8.42 Å². The quantitative estimate of drug-likeness (QED) is 0.818. The number of carbonyl (C=O) groups excluding carboxylic acids is 1. The van der Waals surface area contributed by atoms with Crippen LogP contribution < -0.4 is 11.1 Å². The third kappa shape index (κ3) is 3.61. The first-order valence-corrected chi connectivity index (χ1v) is 8.11. The molecule has 0 saturated carbocycles. The molecule has 0 aliphatic carbocycles. The summed E-state index contributed by atoms with van der Waals surface area (Å²) in [6.45, 7) is 0.347. The highest BCUT2D eigenvalue weighted by Gasteiger charge is 2.28. The summed E-state index contributed by atoms with van der Waals surface area (Å²) in [5.41, 5.74) is 6.37. The van der Waals surface area contributed by atoms with Gasteiger partial charge < -0.3 is 11.1 Å². The molecule has 19 heavy (non-hydrogen) atoms. The SMILES string of the molecule is Nc1cc(Cl)ccc1C(=O)NCC1CCS(=O)(=O)C1. The van der Waals surface area contributed by atoms with Gasteiger partial charge in [-0.15, -0.1) is 0 Å². The first kappa shape index (κ1) is 14.1. The summed E-state index contributed by atoms with van der Waals surface area (Å²) >= 11 is 5.76. The van der Waals surface area contributed by atoms with Gasteiger partial charge in [0, 0.05) is 17.3 Å². The fraction of sp³-hybridized carbons (Fsp3) is 0.417. The number of benzene rings is 1. The Morgan fingerprint density at radius 3 is 2.79 bits per heavy atom. The molecule has 3 N–H and O–H groups in total. The largest absolute Gasteiger partial charge is 0.398 e. The summed E-state index contributed by atoms with van der Waals surface area (Å²) in [5.74, 6) is 0.0286. The molecule has 1 aromatic carbocycles. The fourth-order valence-corrected chi connectivity index (χ4v) is 4.15. The summed E-state index contributed by atoms with van der Waals surface area (Å²) < 4.78 is 22.6. The van der Waals surface area contributed by atoms with Gasteiger partial charge in [0.2, 0.25) is 0 Å². The molecule has 1 heterocycles. The zero-order valence-electron chi connectivity index (χ0n) is 10.2. The smallest absolute Gasteiger partial charge is 0.253 e. The van der Waals surface area contributed by atoms with Crippen LogP contribution in [-0.4, -0.2) is 32.4 Å². The minimum absolute atomic E-state index is 0.0116. The third-order valence-corrected chi connectivity index (χ3v) is 5.21. The summed E-state index contributed by atoms with van der Waals surface area (Å²) in [7, 11) is -2.92. The summed E-state index contributed by atoms with van der Waals surface area (Å²) in [6.07, 6.45) is 0.596. The number of carbonyl (C=O) groups is 1. The molecule has 0 spiro atoms. The molecule has 1 aromatic rings. The van der Waals surface area contributed by atoms with Gasteiger partial charge >= 0.3 is 0 Å². The molecule has 1 aliphatic heterocycles. The van der Waals surface area contributed by atoms with Crippen LogP contribution in [-0.2, 0) is 9.84 Å². The monoisotopic (exact) mass is 302 g/mol. The predicted molar refractivity (Wildman–Crippen MR) is 75.0 cm³/mol. The molecule has 1 unspecified atom stereocenters. The number of nitrogens with two attached hydrogens (primary N) is 1. The molecule has 104 valence electrons. The average molecular weight is 303 g/mol. The lowest BCUT2D eigenvalue weighted by atomic mass is 10.1. The van der Waals surface area contributed by atoms with Gasteiger partial charge in [0.15, 0.2) is 9.84 Å². The number of hydrogen-bond acceptors (Lipinski definition) is 4. The van der Waals surface area contributed by atoms with E-state index in [1.165, 1.54) is 6.07 Å². The van der Waals surface area contributed by atoms with Crippen molar-refractivity contribution in [3.8, 4) is 0 Å².